The first-order valence-corrected chi connectivity index (χ1v) is 11.7. The van der Waals surface area contributed by atoms with E-state index in [9.17, 15) is 18.0 Å². The summed E-state index contributed by atoms with van der Waals surface area (Å²) in [6, 6.07) is 8.18. The van der Waals surface area contributed by atoms with Gasteiger partial charge in [-0.3, -0.25) is 9.59 Å². The van der Waals surface area contributed by atoms with E-state index in [-0.39, 0.29) is 18.4 Å². The van der Waals surface area contributed by atoms with Crippen LogP contribution in [0.1, 0.15) is 24.6 Å². The third kappa shape index (κ3) is 5.16. The molecule has 1 aromatic heterocycles. The lowest BCUT2D eigenvalue weighted by atomic mass is 9.98. The molecule has 10 heteroatoms. The largest absolute Gasteiger partial charge is 0.326 e. The monoisotopic (exact) mass is 455 g/mol. The minimum Gasteiger partial charge on any atom is -0.326 e. The van der Waals surface area contributed by atoms with Crippen molar-refractivity contribution in [1.82, 2.24) is 4.31 Å². The molecule has 1 aliphatic heterocycles. The number of benzene rings is 1. The van der Waals surface area contributed by atoms with Crippen molar-refractivity contribution in [2.24, 2.45) is 5.92 Å². The SMILES string of the molecule is CC(=O)Nc1ccc(NC(=O)C2CCCN(S(=O)(=O)c3ccc(C)s3)C2)c(Cl)c1. The van der Waals surface area contributed by atoms with Crippen LogP contribution in [0.3, 0.4) is 0 Å². The molecular weight excluding hydrogens is 434 g/mol. The van der Waals surface area contributed by atoms with Crippen LogP contribution in [0.25, 0.3) is 0 Å². The summed E-state index contributed by atoms with van der Waals surface area (Å²) in [5.41, 5.74) is 0.946. The summed E-state index contributed by atoms with van der Waals surface area (Å²) in [4.78, 5) is 24.8. The van der Waals surface area contributed by atoms with E-state index in [1.807, 2.05) is 6.92 Å². The van der Waals surface area contributed by atoms with E-state index in [2.05, 4.69) is 10.6 Å². The van der Waals surface area contributed by atoms with E-state index in [4.69, 9.17) is 11.6 Å². The standard InChI is InChI=1S/C19H22ClN3O4S2/c1-12-5-8-18(28-12)29(26,27)23-9-3-4-14(11-23)19(25)22-17-7-6-15(10-16(17)20)21-13(2)24/h5-8,10,14H,3-4,9,11H2,1-2H3,(H,21,24)(H,22,25). The predicted molar refractivity (Wildman–Crippen MR) is 115 cm³/mol. The van der Waals surface area contributed by atoms with Crippen LogP contribution in [0.15, 0.2) is 34.5 Å². The lowest BCUT2D eigenvalue weighted by Crippen LogP contribution is -2.43. The van der Waals surface area contributed by atoms with Gasteiger partial charge in [-0.2, -0.15) is 4.31 Å². The average molecular weight is 456 g/mol. The maximum atomic E-state index is 12.9. The molecule has 1 unspecified atom stereocenters. The van der Waals surface area contributed by atoms with Crippen molar-refractivity contribution in [1.29, 1.82) is 0 Å². The number of hydrogen-bond donors (Lipinski definition) is 2. The third-order valence-corrected chi connectivity index (χ3v) is 8.26. The highest BCUT2D eigenvalue weighted by molar-refractivity contribution is 7.91. The van der Waals surface area contributed by atoms with Crippen LogP contribution in [-0.2, 0) is 19.6 Å². The van der Waals surface area contributed by atoms with E-state index in [0.717, 1.165) is 4.88 Å². The fourth-order valence-electron chi connectivity index (χ4n) is 3.19. The van der Waals surface area contributed by atoms with Crippen LogP contribution < -0.4 is 10.6 Å². The second-order valence-corrected chi connectivity index (χ2v) is 10.8. The number of hydrogen-bond acceptors (Lipinski definition) is 5. The Kier molecular flexibility index (Phi) is 6.62. The first-order chi connectivity index (χ1) is 13.7. The van der Waals surface area contributed by atoms with Crippen molar-refractivity contribution in [2.45, 2.75) is 30.9 Å². The van der Waals surface area contributed by atoms with Gasteiger partial charge in [-0.05, 0) is 50.1 Å². The fraction of sp³-hybridized carbons (Fsp3) is 0.368. The van der Waals surface area contributed by atoms with Crippen molar-refractivity contribution in [3.63, 3.8) is 0 Å². The van der Waals surface area contributed by atoms with Gasteiger partial charge in [0.15, 0.2) is 0 Å². The smallest absolute Gasteiger partial charge is 0.252 e. The summed E-state index contributed by atoms with van der Waals surface area (Å²) < 4.78 is 27.4. The normalized spacial score (nSPS) is 17.7. The lowest BCUT2D eigenvalue weighted by Gasteiger charge is -2.30. The molecular formula is C19H22ClN3O4S2. The third-order valence-electron chi connectivity index (χ3n) is 4.61. The van der Waals surface area contributed by atoms with E-state index < -0.39 is 15.9 Å². The highest BCUT2D eigenvalue weighted by Crippen LogP contribution is 2.30. The molecule has 2 amide bonds. The molecule has 1 aromatic carbocycles. The number of nitrogens with zero attached hydrogens (tertiary/aromatic N) is 1. The number of rotatable bonds is 5. The van der Waals surface area contributed by atoms with Gasteiger partial charge >= 0.3 is 0 Å². The first kappa shape index (κ1) is 21.8. The van der Waals surface area contributed by atoms with E-state index >= 15 is 0 Å². The maximum absolute atomic E-state index is 12.9. The molecule has 0 saturated carbocycles. The molecule has 7 nitrogen and oxygen atoms in total. The van der Waals surface area contributed by atoms with Crippen molar-refractivity contribution < 1.29 is 18.0 Å². The Labute approximate surface area is 179 Å². The highest BCUT2D eigenvalue weighted by Gasteiger charge is 2.34. The molecule has 0 radical (unpaired) electrons. The van der Waals surface area contributed by atoms with Gasteiger partial charge in [0.25, 0.3) is 10.0 Å². The van der Waals surface area contributed by atoms with Gasteiger partial charge in [0, 0.05) is 30.6 Å². The zero-order valence-corrected chi connectivity index (χ0v) is 18.5. The molecule has 0 spiro atoms. The Bertz CT molecular complexity index is 1040. The fourth-order valence-corrected chi connectivity index (χ4v) is 6.37. The molecule has 1 atom stereocenters. The molecule has 2 heterocycles. The summed E-state index contributed by atoms with van der Waals surface area (Å²) in [6.07, 6.45) is 1.21. The van der Waals surface area contributed by atoms with Gasteiger partial charge in [0.2, 0.25) is 11.8 Å². The lowest BCUT2D eigenvalue weighted by molar-refractivity contribution is -0.121. The van der Waals surface area contributed by atoms with Crippen molar-refractivity contribution in [3.8, 4) is 0 Å². The number of piperidine rings is 1. The molecule has 2 N–H and O–H groups in total. The van der Waals surface area contributed by atoms with Gasteiger partial charge in [-0.25, -0.2) is 8.42 Å². The Hall–Kier alpha value is -1.94. The number of carbonyl (C=O) groups excluding carboxylic acids is 2. The second-order valence-electron chi connectivity index (χ2n) is 6.93. The van der Waals surface area contributed by atoms with Gasteiger partial charge in [-0.15, -0.1) is 11.3 Å². The molecule has 2 aromatic rings. The summed E-state index contributed by atoms with van der Waals surface area (Å²) in [7, 11) is -3.60. The Morgan fingerprint density at radius 2 is 1.97 bits per heavy atom. The topological polar surface area (TPSA) is 95.6 Å². The highest BCUT2D eigenvalue weighted by atomic mass is 35.5. The minimum atomic E-state index is -3.60. The predicted octanol–water partition coefficient (Wildman–Crippen LogP) is 3.71. The summed E-state index contributed by atoms with van der Waals surface area (Å²) in [5, 5.41) is 5.69. The number of sulfonamides is 1. The number of halogens is 1. The van der Waals surface area contributed by atoms with E-state index in [0.29, 0.717) is 40.0 Å². The van der Waals surface area contributed by atoms with Crippen LogP contribution in [0.4, 0.5) is 11.4 Å². The molecule has 156 valence electrons. The Morgan fingerprint density at radius 3 is 2.59 bits per heavy atom. The summed E-state index contributed by atoms with van der Waals surface area (Å²) >= 11 is 7.44. The number of nitrogens with one attached hydrogen (secondary N) is 2. The van der Waals surface area contributed by atoms with Gasteiger partial charge in [0.05, 0.1) is 16.6 Å². The zero-order valence-electron chi connectivity index (χ0n) is 16.1. The minimum absolute atomic E-state index is 0.132. The van der Waals surface area contributed by atoms with Crippen molar-refractivity contribution >= 4 is 56.2 Å². The Morgan fingerprint density at radius 1 is 1.21 bits per heavy atom. The average Bonchev–Trinajstić information content (AvgIpc) is 3.11. The number of anilines is 2. The molecule has 1 saturated heterocycles. The van der Waals surface area contributed by atoms with Crippen molar-refractivity contribution in [3.05, 3.63) is 40.2 Å². The molecule has 1 fully saturated rings. The summed E-state index contributed by atoms with van der Waals surface area (Å²) in [6.45, 7) is 3.78. The van der Waals surface area contributed by atoms with Crippen LogP contribution in [-0.4, -0.2) is 37.6 Å². The molecule has 3 rings (SSSR count). The molecule has 1 aliphatic rings. The number of amides is 2. The molecule has 0 aliphatic carbocycles. The van der Waals surface area contributed by atoms with Crippen LogP contribution in [0.2, 0.25) is 5.02 Å². The molecule has 29 heavy (non-hydrogen) atoms. The maximum Gasteiger partial charge on any atom is 0.252 e. The Balaban J connectivity index is 1.69. The van der Waals surface area contributed by atoms with Gasteiger partial charge < -0.3 is 10.6 Å². The summed E-state index contributed by atoms with van der Waals surface area (Å²) in [5.74, 6) is -0.964. The van der Waals surface area contributed by atoms with Gasteiger partial charge in [-0.1, -0.05) is 11.6 Å². The first-order valence-electron chi connectivity index (χ1n) is 9.11. The van der Waals surface area contributed by atoms with Crippen molar-refractivity contribution in [2.75, 3.05) is 23.7 Å². The van der Waals surface area contributed by atoms with E-state index in [1.54, 1.807) is 30.3 Å². The second kappa shape index (κ2) is 8.83. The van der Waals surface area contributed by atoms with Crippen LogP contribution in [0, 0.1) is 12.8 Å². The van der Waals surface area contributed by atoms with Crippen LogP contribution in [0.5, 0.6) is 0 Å². The number of thiophene rings is 1. The quantitative estimate of drug-likeness (QED) is 0.718. The molecule has 0 bridgehead atoms. The number of aryl methyl sites for hydroxylation is 1. The van der Waals surface area contributed by atoms with E-state index in [1.165, 1.54) is 22.6 Å². The van der Waals surface area contributed by atoms with Crippen LogP contribution >= 0.6 is 22.9 Å². The number of carbonyl (C=O) groups is 2. The van der Waals surface area contributed by atoms with Gasteiger partial charge in [0.1, 0.15) is 4.21 Å². The zero-order chi connectivity index (χ0) is 21.2.